The zero-order valence-corrected chi connectivity index (χ0v) is 21.6. The molecule has 4 amide bonds. The maximum absolute atomic E-state index is 13.8. The van der Waals surface area contributed by atoms with Crippen molar-refractivity contribution in [3.05, 3.63) is 35.0 Å². The molecular weight excluding hydrogens is 494 g/mol. The summed E-state index contributed by atoms with van der Waals surface area (Å²) in [4.78, 5) is 56.7. The normalized spacial score (nSPS) is 24.1. The Labute approximate surface area is 220 Å². The summed E-state index contributed by atoms with van der Waals surface area (Å²) in [5.41, 5.74) is 6.68. The molecule has 0 radical (unpaired) electrons. The molecule has 2 saturated heterocycles. The fourth-order valence-electron chi connectivity index (χ4n) is 6.40. The van der Waals surface area contributed by atoms with E-state index in [1.807, 2.05) is 6.07 Å². The highest BCUT2D eigenvalue weighted by Gasteiger charge is 2.49. The molecule has 37 heavy (non-hydrogen) atoms. The molecule has 1 aromatic heterocycles. The average molecular weight is 528 g/mol. The van der Waals surface area contributed by atoms with Crippen molar-refractivity contribution in [2.24, 2.45) is 17.1 Å². The van der Waals surface area contributed by atoms with Gasteiger partial charge >= 0.3 is 0 Å². The first-order valence-corrected chi connectivity index (χ1v) is 13.6. The number of amides is 4. The molecule has 3 heterocycles. The lowest BCUT2D eigenvalue weighted by Gasteiger charge is -2.32. The molecule has 10 heteroatoms. The van der Waals surface area contributed by atoms with Gasteiger partial charge in [-0.3, -0.25) is 19.2 Å². The van der Waals surface area contributed by atoms with Gasteiger partial charge in [0, 0.05) is 34.9 Å². The predicted molar refractivity (Wildman–Crippen MR) is 140 cm³/mol. The third-order valence-corrected chi connectivity index (χ3v) is 8.62. The highest BCUT2D eigenvalue weighted by atomic mass is 35.5. The first-order valence-electron chi connectivity index (χ1n) is 13.2. The molecule has 1 unspecified atom stereocenters. The van der Waals surface area contributed by atoms with Crippen LogP contribution in [0.1, 0.15) is 68.3 Å². The third kappa shape index (κ3) is 5.32. The minimum absolute atomic E-state index is 0.114. The van der Waals surface area contributed by atoms with Gasteiger partial charge in [0.1, 0.15) is 17.8 Å². The zero-order valence-electron chi connectivity index (χ0n) is 20.9. The number of hydrogen-bond donors (Lipinski definition) is 4. The fraction of sp³-hybridized carbons (Fsp3) is 0.556. The molecule has 1 saturated carbocycles. The van der Waals surface area contributed by atoms with E-state index in [9.17, 15) is 19.2 Å². The van der Waals surface area contributed by atoms with E-state index in [-0.39, 0.29) is 29.6 Å². The van der Waals surface area contributed by atoms with Gasteiger partial charge in [0.05, 0.1) is 0 Å². The predicted octanol–water partition coefficient (Wildman–Crippen LogP) is 2.87. The van der Waals surface area contributed by atoms with Crippen LogP contribution in [0.3, 0.4) is 0 Å². The molecule has 0 bridgehead atoms. The van der Waals surface area contributed by atoms with Crippen LogP contribution in [-0.4, -0.2) is 58.7 Å². The second-order valence-electron chi connectivity index (χ2n) is 11.0. The molecule has 3 atom stereocenters. The van der Waals surface area contributed by atoms with Crippen molar-refractivity contribution < 1.29 is 19.2 Å². The fourth-order valence-corrected chi connectivity index (χ4v) is 6.57. The van der Waals surface area contributed by atoms with Crippen molar-refractivity contribution in [3.63, 3.8) is 0 Å². The Kier molecular flexibility index (Phi) is 7.16. The molecule has 2 aliphatic heterocycles. The van der Waals surface area contributed by atoms with Crippen LogP contribution in [-0.2, 0) is 14.4 Å². The SMILES string of the molecule is NC(=O)[C@H](C[C@@H]1CCCNC1=O)NC(=O)C1CC2(CCCCC2)CN1C(=O)c1cc2ccc(Cl)cc2[nH]1. The van der Waals surface area contributed by atoms with Gasteiger partial charge in [-0.05, 0) is 62.1 Å². The summed E-state index contributed by atoms with van der Waals surface area (Å²) in [7, 11) is 0. The monoisotopic (exact) mass is 527 g/mol. The van der Waals surface area contributed by atoms with Crippen LogP contribution in [0.5, 0.6) is 0 Å². The summed E-state index contributed by atoms with van der Waals surface area (Å²) in [6, 6.07) is 5.47. The quantitative estimate of drug-likeness (QED) is 0.459. The number of likely N-dealkylation sites (tertiary alicyclic amines) is 1. The van der Waals surface area contributed by atoms with E-state index in [4.69, 9.17) is 17.3 Å². The van der Waals surface area contributed by atoms with Crippen LogP contribution in [0, 0.1) is 11.3 Å². The number of primary amides is 1. The Morgan fingerprint density at radius 1 is 1.16 bits per heavy atom. The van der Waals surface area contributed by atoms with Crippen LogP contribution >= 0.6 is 11.6 Å². The summed E-state index contributed by atoms with van der Waals surface area (Å²) in [5.74, 6) is -1.82. The van der Waals surface area contributed by atoms with Gasteiger partial charge in [-0.2, -0.15) is 0 Å². The van der Waals surface area contributed by atoms with E-state index in [2.05, 4.69) is 15.6 Å². The standard InChI is InChI=1S/C27H34ClN5O4/c28-18-7-6-16-11-21(31-19(16)13-18)26(37)33-15-27(8-2-1-3-9-27)14-22(33)25(36)32-20(23(29)34)12-17-5-4-10-30-24(17)35/h6-7,11,13,17,20,22,31H,1-5,8-10,12,14-15H2,(H2,29,34)(H,30,35)(H,32,36)/t17-,20-,22?/m0/s1. The van der Waals surface area contributed by atoms with E-state index < -0.39 is 23.9 Å². The number of H-pyrrole nitrogens is 1. The number of benzene rings is 1. The lowest BCUT2D eigenvalue weighted by atomic mass is 9.72. The van der Waals surface area contributed by atoms with Crippen LogP contribution in [0.4, 0.5) is 0 Å². The number of nitrogens with zero attached hydrogens (tertiary/aromatic N) is 1. The number of aromatic nitrogens is 1. The minimum atomic E-state index is -0.976. The van der Waals surface area contributed by atoms with Gasteiger partial charge in [-0.15, -0.1) is 0 Å². The summed E-state index contributed by atoms with van der Waals surface area (Å²) >= 11 is 6.12. The van der Waals surface area contributed by atoms with Gasteiger partial charge in [-0.1, -0.05) is 36.9 Å². The molecule has 5 rings (SSSR count). The summed E-state index contributed by atoms with van der Waals surface area (Å²) in [5, 5.41) is 7.04. The van der Waals surface area contributed by atoms with Crippen LogP contribution in [0.25, 0.3) is 10.9 Å². The Hall–Kier alpha value is -3.07. The molecule has 3 aliphatic rings. The van der Waals surface area contributed by atoms with Crippen molar-refractivity contribution >= 4 is 46.1 Å². The Morgan fingerprint density at radius 2 is 1.95 bits per heavy atom. The van der Waals surface area contributed by atoms with E-state index in [1.165, 1.54) is 0 Å². The van der Waals surface area contributed by atoms with Crippen molar-refractivity contribution in [1.82, 2.24) is 20.5 Å². The van der Waals surface area contributed by atoms with Crippen LogP contribution in [0.15, 0.2) is 24.3 Å². The molecule has 198 valence electrons. The summed E-state index contributed by atoms with van der Waals surface area (Å²) in [6.45, 7) is 1.11. The van der Waals surface area contributed by atoms with Crippen LogP contribution in [0.2, 0.25) is 5.02 Å². The van der Waals surface area contributed by atoms with Gasteiger partial charge in [-0.25, -0.2) is 0 Å². The van der Waals surface area contributed by atoms with Crippen molar-refractivity contribution in [2.75, 3.05) is 13.1 Å². The van der Waals surface area contributed by atoms with E-state index >= 15 is 0 Å². The van der Waals surface area contributed by atoms with Gasteiger partial charge in [0.2, 0.25) is 17.7 Å². The number of carbonyl (C=O) groups is 4. The van der Waals surface area contributed by atoms with Crippen molar-refractivity contribution in [3.8, 4) is 0 Å². The molecule has 3 fully saturated rings. The number of nitrogens with one attached hydrogen (secondary N) is 3. The van der Waals surface area contributed by atoms with Crippen molar-refractivity contribution in [2.45, 2.75) is 69.9 Å². The topological polar surface area (TPSA) is 137 Å². The second kappa shape index (κ2) is 10.4. The number of hydrogen-bond acceptors (Lipinski definition) is 4. The number of halogens is 1. The van der Waals surface area contributed by atoms with Crippen LogP contribution < -0.4 is 16.4 Å². The Morgan fingerprint density at radius 3 is 2.68 bits per heavy atom. The number of nitrogens with two attached hydrogens (primary N) is 1. The van der Waals surface area contributed by atoms with E-state index in [1.54, 1.807) is 23.1 Å². The van der Waals surface area contributed by atoms with Gasteiger partial charge in [0.15, 0.2) is 0 Å². The summed E-state index contributed by atoms with van der Waals surface area (Å²) in [6.07, 6.45) is 7.39. The zero-order chi connectivity index (χ0) is 26.2. The average Bonchev–Trinajstić information content (AvgIpc) is 3.46. The Balaban J connectivity index is 1.38. The molecule has 2 aromatic rings. The third-order valence-electron chi connectivity index (χ3n) is 8.38. The first kappa shape index (κ1) is 25.6. The first-order chi connectivity index (χ1) is 17.7. The summed E-state index contributed by atoms with van der Waals surface area (Å²) < 4.78 is 0. The molecule has 1 spiro atoms. The number of carbonyl (C=O) groups excluding carboxylic acids is 4. The lowest BCUT2D eigenvalue weighted by Crippen LogP contribution is -2.53. The van der Waals surface area contributed by atoms with Crippen molar-refractivity contribution in [1.29, 1.82) is 0 Å². The molecule has 5 N–H and O–H groups in total. The number of piperidine rings is 1. The smallest absolute Gasteiger partial charge is 0.271 e. The van der Waals surface area contributed by atoms with E-state index in [0.29, 0.717) is 36.6 Å². The molecular formula is C27H34ClN5O4. The molecule has 1 aliphatic carbocycles. The highest BCUT2D eigenvalue weighted by molar-refractivity contribution is 6.31. The number of aromatic amines is 1. The Bertz CT molecular complexity index is 1220. The maximum Gasteiger partial charge on any atom is 0.271 e. The van der Waals surface area contributed by atoms with Gasteiger partial charge < -0.3 is 26.3 Å². The lowest BCUT2D eigenvalue weighted by molar-refractivity contribution is -0.132. The second-order valence-corrected chi connectivity index (χ2v) is 11.4. The number of fused-ring (bicyclic) bond motifs is 1. The highest BCUT2D eigenvalue weighted by Crippen LogP contribution is 2.46. The van der Waals surface area contributed by atoms with Gasteiger partial charge in [0.25, 0.3) is 5.91 Å². The molecule has 1 aromatic carbocycles. The van der Waals surface area contributed by atoms with E-state index in [0.717, 1.165) is 49.4 Å². The molecule has 9 nitrogen and oxygen atoms in total. The minimum Gasteiger partial charge on any atom is -0.368 e. The number of rotatable bonds is 6. The largest absolute Gasteiger partial charge is 0.368 e. The maximum atomic E-state index is 13.8.